The van der Waals surface area contributed by atoms with Crippen molar-refractivity contribution in [3.8, 4) is 0 Å². The molecule has 3 heterocycles. The largest absolute Gasteiger partial charge is 0.465 e. The van der Waals surface area contributed by atoms with Crippen molar-refractivity contribution in [2.24, 2.45) is 0 Å². The van der Waals surface area contributed by atoms with Gasteiger partial charge < -0.3 is 9.73 Å². The minimum absolute atomic E-state index is 0.130. The van der Waals surface area contributed by atoms with Gasteiger partial charge in [0.1, 0.15) is 23.1 Å². The van der Waals surface area contributed by atoms with Gasteiger partial charge in [-0.3, -0.25) is 4.79 Å². The molecule has 1 aliphatic rings. The van der Waals surface area contributed by atoms with Crippen molar-refractivity contribution in [3.05, 3.63) is 41.9 Å². The van der Waals surface area contributed by atoms with Crippen molar-refractivity contribution < 1.29 is 17.6 Å². The highest BCUT2D eigenvalue weighted by Gasteiger charge is 2.37. The van der Waals surface area contributed by atoms with Crippen LogP contribution in [0, 0.1) is 6.92 Å². The first-order valence-electron chi connectivity index (χ1n) is 10.6. The number of piperidine rings is 1. The summed E-state index contributed by atoms with van der Waals surface area (Å²) in [6.45, 7) is 5.12. The summed E-state index contributed by atoms with van der Waals surface area (Å²) in [7, 11) is -3.86. The number of amides is 1. The number of benzene rings is 1. The van der Waals surface area contributed by atoms with E-state index in [0.29, 0.717) is 30.8 Å². The maximum absolute atomic E-state index is 13.4. The predicted octanol–water partition coefficient (Wildman–Crippen LogP) is 2.60. The van der Waals surface area contributed by atoms with Gasteiger partial charge in [-0.05, 0) is 56.5 Å². The SMILES string of the molecule is CCCn1nnc2cc(S(=O)(=O)N3CCCC[C@H]3C(=O)NCc3ccc(C)o3)ccc21. The lowest BCUT2D eigenvalue weighted by atomic mass is 10.0. The summed E-state index contributed by atoms with van der Waals surface area (Å²) in [5.41, 5.74) is 1.32. The van der Waals surface area contributed by atoms with Crippen LogP contribution < -0.4 is 5.32 Å². The highest BCUT2D eigenvalue weighted by atomic mass is 32.2. The van der Waals surface area contributed by atoms with Gasteiger partial charge in [0.05, 0.1) is 17.0 Å². The molecule has 1 aromatic carbocycles. The fourth-order valence-electron chi connectivity index (χ4n) is 3.95. The molecule has 1 amide bonds. The van der Waals surface area contributed by atoms with E-state index in [0.717, 1.165) is 30.5 Å². The number of sulfonamides is 1. The number of nitrogens with one attached hydrogen (secondary N) is 1. The Balaban J connectivity index is 1.56. The van der Waals surface area contributed by atoms with Crippen molar-refractivity contribution in [1.82, 2.24) is 24.6 Å². The van der Waals surface area contributed by atoms with Crippen LogP contribution in [0.3, 0.4) is 0 Å². The molecule has 0 aliphatic carbocycles. The van der Waals surface area contributed by atoms with Crippen molar-refractivity contribution in [2.45, 2.75) is 63.6 Å². The van der Waals surface area contributed by atoms with E-state index in [1.165, 1.54) is 4.31 Å². The first kappa shape index (κ1) is 21.5. The second-order valence-corrected chi connectivity index (χ2v) is 9.71. The predicted molar refractivity (Wildman–Crippen MR) is 115 cm³/mol. The van der Waals surface area contributed by atoms with E-state index >= 15 is 0 Å². The molecule has 31 heavy (non-hydrogen) atoms. The number of aromatic nitrogens is 3. The molecule has 1 aliphatic heterocycles. The molecule has 0 unspecified atom stereocenters. The number of nitrogens with zero attached hydrogens (tertiary/aromatic N) is 4. The van der Waals surface area contributed by atoms with Gasteiger partial charge >= 0.3 is 0 Å². The van der Waals surface area contributed by atoms with E-state index in [-0.39, 0.29) is 17.3 Å². The van der Waals surface area contributed by atoms with Gasteiger partial charge in [0, 0.05) is 13.1 Å². The highest BCUT2D eigenvalue weighted by Crippen LogP contribution is 2.27. The molecule has 166 valence electrons. The molecule has 0 bridgehead atoms. The third-order valence-electron chi connectivity index (χ3n) is 5.52. The first-order valence-corrected chi connectivity index (χ1v) is 12.0. The smallest absolute Gasteiger partial charge is 0.243 e. The Morgan fingerprint density at radius 1 is 1.26 bits per heavy atom. The Labute approximate surface area is 181 Å². The lowest BCUT2D eigenvalue weighted by molar-refractivity contribution is -0.125. The first-order chi connectivity index (χ1) is 14.9. The number of furan rings is 1. The Hall–Kier alpha value is -2.72. The highest BCUT2D eigenvalue weighted by molar-refractivity contribution is 7.89. The Bertz CT molecular complexity index is 1180. The average Bonchev–Trinajstić information content (AvgIpc) is 3.38. The average molecular weight is 446 g/mol. The van der Waals surface area contributed by atoms with E-state index in [1.807, 2.05) is 19.9 Å². The van der Waals surface area contributed by atoms with E-state index in [9.17, 15) is 13.2 Å². The van der Waals surface area contributed by atoms with Crippen molar-refractivity contribution >= 4 is 27.0 Å². The zero-order valence-corrected chi connectivity index (χ0v) is 18.6. The minimum atomic E-state index is -3.86. The Morgan fingerprint density at radius 3 is 2.84 bits per heavy atom. The Kier molecular flexibility index (Phi) is 6.10. The van der Waals surface area contributed by atoms with Gasteiger partial charge in [-0.1, -0.05) is 18.6 Å². The molecule has 3 aromatic rings. The van der Waals surface area contributed by atoms with Crippen LogP contribution in [0.25, 0.3) is 11.0 Å². The summed E-state index contributed by atoms with van der Waals surface area (Å²) in [6.07, 6.45) is 2.90. The summed E-state index contributed by atoms with van der Waals surface area (Å²) in [6, 6.07) is 7.72. The summed E-state index contributed by atoms with van der Waals surface area (Å²) in [5.74, 6) is 1.08. The number of hydrogen-bond donors (Lipinski definition) is 1. The molecule has 0 saturated carbocycles. The van der Waals surface area contributed by atoms with E-state index in [4.69, 9.17) is 4.42 Å². The molecule has 0 spiro atoms. The third kappa shape index (κ3) is 4.35. The fourth-order valence-corrected chi connectivity index (χ4v) is 5.63. The molecule has 4 rings (SSSR count). The van der Waals surface area contributed by atoms with Gasteiger partial charge in [0.15, 0.2) is 0 Å². The van der Waals surface area contributed by atoms with E-state index in [1.54, 1.807) is 28.9 Å². The van der Waals surface area contributed by atoms with Crippen LogP contribution in [-0.2, 0) is 27.9 Å². The number of aryl methyl sites for hydroxylation is 2. The molecule has 1 fully saturated rings. The van der Waals surface area contributed by atoms with Gasteiger partial charge in [0.25, 0.3) is 0 Å². The molecule has 10 heteroatoms. The van der Waals surface area contributed by atoms with Gasteiger partial charge in [-0.2, -0.15) is 4.31 Å². The van der Waals surface area contributed by atoms with Gasteiger partial charge in [-0.25, -0.2) is 13.1 Å². The second-order valence-electron chi connectivity index (χ2n) is 7.82. The number of carbonyl (C=O) groups excluding carboxylic acids is 1. The standard InChI is InChI=1S/C21H27N5O4S/c1-3-11-25-19-10-9-17(13-18(19)23-24-25)31(28,29)26-12-5-4-6-20(26)21(27)22-14-16-8-7-15(2)30-16/h7-10,13,20H,3-6,11-12,14H2,1-2H3,(H,22,27)/t20-/m0/s1. The summed E-state index contributed by atoms with van der Waals surface area (Å²) in [4.78, 5) is 13.0. The summed E-state index contributed by atoms with van der Waals surface area (Å²) in [5, 5.41) is 11.0. The summed E-state index contributed by atoms with van der Waals surface area (Å²) < 4.78 is 35.4. The van der Waals surface area contributed by atoms with Gasteiger partial charge in [-0.15, -0.1) is 5.10 Å². The zero-order valence-electron chi connectivity index (χ0n) is 17.7. The number of rotatable bonds is 7. The van der Waals surface area contributed by atoms with Crippen molar-refractivity contribution in [1.29, 1.82) is 0 Å². The molecule has 9 nitrogen and oxygen atoms in total. The normalized spacial score (nSPS) is 17.8. The lowest BCUT2D eigenvalue weighted by Gasteiger charge is -2.33. The maximum atomic E-state index is 13.4. The van der Waals surface area contributed by atoms with Crippen LogP contribution in [0.2, 0.25) is 0 Å². The topological polar surface area (TPSA) is 110 Å². The van der Waals surface area contributed by atoms with Crippen LogP contribution in [0.5, 0.6) is 0 Å². The number of fused-ring (bicyclic) bond motifs is 1. The van der Waals surface area contributed by atoms with E-state index in [2.05, 4.69) is 15.6 Å². The quantitative estimate of drug-likeness (QED) is 0.599. The van der Waals surface area contributed by atoms with Crippen LogP contribution in [-0.4, -0.2) is 46.2 Å². The van der Waals surface area contributed by atoms with Crippen LogP contribution in [0.1, 0.15) is 44.1 Å². The van der Waals surface area contributed by atoms with Gasteiger partial charge in [0.2, 0.25) is 15.9 Å². The van der Waals surface area contributed by atoms with Crippen molar-refractivity contribution in [2.75, 3.05) is 6.54 Å². The molecular formula is C21H27N5O4S. The third-order valence-corrected chi connectivity index (χ3v) is 7.42. The summed E-state index contributed by atoms with van der Waals surface area (Å²) >= 11 is 0. The van der Waals surface area contributed by atoms with Crippen LogP contribution in [0.4, 0.5) is 0 Å². The molecule has 1 atom stereocenters. The lowest BCUT2D eigenvalue weighted by Crippen LogP contribution is -2.51. The molecule has 1 saturated heterocycles. The minimum Gasteiger partial charge on any atom is -0.465 e. The monoisotopic (exact) mass is 445 g/mol. The molecule has 1 N–H and O–H groups in total. The molecular weight excluding hydrogens is 418 g/mol. The zero-order chi connectivity index (χ0) is 22.0. The van der Waals surface area contributed by atoms with E-state index < -0.39 is 16.1 Å². The molecule has 0 radical (unpaired) electrons. The molecule has 2 aromatic heterocycles. The number of hydrogen-bond acceptors (Lipinski definition) is 6. The maximum Gasteiger partial charge on any atom is 0.243 e. The second kappa shape index (κ2) is 8.80. The van der Waals surface area contributed by atoms with Crippen molar-refractivity contribution in [3.63, 3.8) is 0 Å². The van der Waals surface area contributed by atoms with Crippen LogP contribution in [0.15, 0.2) is 39.6 Å². The number of carbonyl (C=O) groups is 1. The fraction of sp³-hybridized carbons (Fsp3) is 0.476. The Morgan fingerprint density at radius 2 is 2.10 bits per heavy atom. The van der Waals surface area contributed by atoms with Crippen LogP contribution >= 0.6 is 0 Å².